The van der Waals surface area contributed by atoms with Crippen LogP contribution in [0.4, 0.5) is 0 Å². The van der Waals surface area contributed by atoms with E-state index in [0.29, 0.717) is 18.9 Å². The van der Waals surface area contributed by atoms with E-state index in [9.17, 15) is 9.90 Å². The number of aliphatic hydroxyl groups is 1. The zero-order chi connectivity index (χ0) is 19.0. The SMILES string of the molecule is O=C(CSc1ccncc1)N1CCCC(CO)(CCOc2ccccc2)C1. The Morgan fingerprint density at radius 2 is 2.00 bits per heavy atom. The maximum atomic E-state index is 12.6. The molecule has 1 fully saturated rings. The highest BCUT2D eigenvalue weighted by molar-refractivity contribution is 8.00. The Balaban J connectivity index is 1.51. The minimum Gasteiger partial charge on any atom is -0.494 e. The number of amides is 1. The van der Waals surface area contributed by atoms with Crippen molar-refractivity contribution in [2.45, 2.75) is 24.2 Å². The van der Waals surface area contributed by atoms with Crippen molar-refractivity contribution in [2.24, 2.45) is 5.41 Å². The number of likely N-dealkylation sites (tertiary alicyclic amines) is 1. The van der Waals surface area contributed by atoms with Gasteiger partial charge in [0.25, 0.3) is 0 Å². The molecule has 27 heavy (non-hydrogen) atoms. The fraction of sp³-hybridized carbons (Fsp3) is 0.429. The summed E-state index contributed by atoms with van der Waals surface area (Å²) in [5.74, 6) is 1.37. The van der Waals surface area contributed by atoms with Crippen LogP contribution in [0, 0.1) is 5.41 Å². The Morgan fingerprint density at radius 1 is 1.22 bits per heavy atom. The van der Waals surface area contributed by atoms with E-state index < -0.39 is 0 Å². The van der Waals surface area contributed by atoms with E-state index in [2.05, 4.69) is 4.98 Å². The van der Waals surface area contributed by atoms with Gasteiger partial charge in [-0.05, 0) is 43.5 Å². The molecular weight excluding hydrogens is 360 g/mol. The van der Waals surface area contributed by atoms with E-state index in [4.69, 9.17) is 4.74 Å². The maximum Gasteiger partial charge on any atom is 0.232 e. The summed E-state index contributed by atoms with van der Waals surface area (Å²) in [6.07, 6.45) is 6.04. The number of thioether (sulfide) groups is 1. The van der Waals surface area contributed by atoms with Crippen LogP contribution in [0.2, 0.25) is 0 Å². The average molecular weight is 387 g/mol. The van der Waals surface area contributed by atoms with Gasteiger partial charge in [-0.2, -0.15) is 0 Å². The molecule has 2 heterocycles. The highest BCUT2D eigenvalue weighted by Gasteiger charge is 2.36. The molecule has 1 atom stereocenters. The number of carbonyl (C=O) groups excluding carboxylic acids is 1. The summed E-state index contributed by atoms with van der Waals surface area (Å²) in [5, 5.41) is 10.0. The van der Waals surface area contributed by atoms with Gasteiger partial charge in [0.1, 0.15) is 5.75 Å². The summed E-state index contributed by atoms with van der Waals surface area (Å²) in [7, 11) is 0. The van der Waals surface area contributed by atoms with Gasteiger partial charge in [-0.15, -0.1) is 11.8 Å². The van der Waals surface area contributed by atoms with Crippen LogP contribution in [0.5, 0.6) is 5.75 Å². The normalized spacial score (nSPS) is 19.7. The predicted molar refractivity (Wildman–Crippen MR) is 107 cm³/mol. The van der Waals surface area contributed by atoms with E-state index in [0.717, 1.165) is 36.5 Å². The zero-order valence-corrected chi connectivity index (χ0v) is 16.2. The first kappa shape index (κ1) is 19.7. The van der Waals surface area contributed by atoms with E-state index in [1.54, 1.807) is 12.4 Å². The Labute approximate surface area is 164 Å². The molecule has 0 radical (unpaired) electrons. The number of aromatic nitrogens is 1. The van der Waals surface area contributed by atoms with Crippen molar-refractivity contribution in [3.05, 3.63) is 54.9 Å². The number of pyridine rings is 1. The molecule has 144 valence electrons. The lowest BCUT2D eigenvalue weighted by Crippen LogP contribution is -2.49. The average Bonchev–Trinajstić information content (AvgIpc) is 2.74. The number of piperidine rings is 1. The van der Waals surface area contributed by atoms with Crippen molar-refractivity contribution in [1.82, 2.24) is 9.88 Å². The Morgan fingerprint density at radius 3 is 2.74 bits per heavy atom. The molecule has 2 aromatic rings. The highest BCUT2D eigenvalue weighted by atomic mass is 32.2. The lowest BCUT2D eigenvalue weighted by molar-refractivity contribution is -0.133. The van der Waals surface area contributed by atoms with Crippen molar-refractivity contribution in [3.8, 4) is 5.75 Å². The van der Waals surface area contributed by atoms with Crippen LogP contribution < -0.4 is 4.74 Å². The Bertz CT molecular complexity index is 714. The van der Waals surface area contributed by atoms with Gasteiger partial charge in [-0.25, -0.2) is 0 Å². The fourth-order valence-corrected chi connectivity index (χ4v) is 4.19. The molecule has 0 saturated carbocycles. The van der Waals surface area contributed by atoms with E-state index in [1.165, 1.54) is 11.8 Å². The van der Waals surface area contributed by atoms with Gasteiger partial charge in [-0.1, -0.05) is 18.2 Å². The molecule has 1 saturated heterocycles. The van der Waals surface area contributed by atoms with Gasteiger partial charge in [0, 0.05) is 35.8 Å². The van der Waals surface area contributed by atoms with Crippen LogP contribution in [-0.2, 0) is 4.79 Å². The molecular formula is C21H26N2O3S. The number of ether oxygens (including phenoxy) is 1. The van der Waals surface area contributed by atoms with Crippen molar-refractivity contribution < 1.29 is 14.6 Å². The summed E-state index contributed by atoms with van der Waals surface area (Å²) in [6.45, 7) is 1.97. The topological polar surface area (TPSA) is 62.7 Å². The molecule has 1 amide bonds. The number of hydrogen-bond donors (Lipinski definition) is 1. The number of hydrogen-bond acceptors (Lipinski definition) is 5. The summed E-state index contributed by atoms with van der Waals surface area (Å²) in [6, 6.07) is 13.5. The smallest absolute Gasteiger partial charge is 0.232 e. The minimum atomic E-state index is -0.274. The summed E-state index contributed by atoms with van der Waals surface area (Å²) < 4.78 is 5.81. The van der Waals surface area contributed by atoms with Gasteiger partial charge in [-0.3, -0.25) is 9.78 Å². The first-order valence-corrected chi connectivity index (χ1v) is 10.3. The third-order valence-corrected chi connectivity index (χ3v) is 6.00. The monoisotopic (exact) mass is 386 g/mol. The summed E-state index contributed by atoms with van der Waals surface area (Å²) in [5.41, 5.74) is -0.274. The quantitative estimate of drug-likeness (QED) is 0.706. The second kappa shape index (κ2) is 9.76. The van der Waals surface area contributed by atoms with Gasteiger partial charge in [0.2, 0.25) is 5.91 Å². The molecule has 0 bridgehead atoms. The Kier molecular flexibility index (Phi) is 7.12. The molecule has 1 unspecified atom stereocenters. The fourth-order valence-electron chi connectivity index (χ4n) is 3.41. The third kappa shape index (κ3) is 5.71. The predicted octanol–water partition coefficient (Wildman–Crippen LogP) is 3.24. The second-order valence-electron chi connectivity index (χ2n) is 6.96. The van der Waals surface area contributed by atoms with E-state index in [1.807, 2.05) is 47.4 Å². The number of nitrogens with zero attached hydrogens (tertiary/aromatic N) is 2. The van der Waals surface area contributed by atoms with Crippen molar-refractivity contribution in [3.63, 3.8) is 0 Å². The number of rotatable bonds is 8. The molecule has 1 N–H and O–H groups in total. The second-order valence-corrected chi connectivity index (χ2v) is 8.01. The van der Waals surface area contributed by atoms with Crippen molar-refractivity contribution in [1.29, 1.82) is 0 Å². The standard InChI is InChI=1S/C21H26N2O3S/c24-17-21(10-14-26-18-5-2-1-3-6-18)9-4-13-23(16-21)20(25)15-27-19-7-11-22-12-8-19/h1-3,5-8,11-12,24H,4,9-10,13-17H2. The highest BCUT2D eigenvalue weighted by Crippen LogP contribution is 2.34. The van der Waals surface area contributed by atoms with Gasteiger partial charge in [0.05, 0.1) is 19.0 Å². The van der Waals surface area contributed by atoms with Crippen molar-refractivity contribution in [2.75, 3.05) is 32.1 Å². The first-order valence-electron chi connectivity index (χ1n) is 9.30. The number of benzene rings is 1. The lowest BCUT2D eigenvalue weighted by atomic mass is 9.78. The summed E-state index contributed by atoms with van der Waals surface area (Å²) in [4.78, 5) is 19.6. The number of carbonyl (C=O) groups is 1. The largest absolute Gasteiger partial charge is 0.494 e. The van der Waals surface area contributed by atoms with Crippen molar-refractivity contribution >= 4 is 17.7 Å². The molecule has 1 aliphatic rings. The molecule has 1 aromatic carbocycles. The van der Waals surface area contributed by atoms with Crippen LogP contribution in [0.15, 0.2) is 59.8 Å². The van der Waals surface area contributed by atoms with Gasteiger partial charge >= 0.3 is 0 Å². The van der Waals surface area contributed by atoms with E-state index in [-0.39, 0.29) is 17.9 Å². The van der Waals surface area contributed by atoms with Crippen LogP contribution in [0.25, 0.3) is 0 Å². The third-order valence-electron chi connectivity index (χ3n) is 5.01. The maximum absolute atomic E-state index is 12.6. The zero-order valence-electron chi connectivity index (χ0n) is 15.4. The number of aliphatic hydroxyl groups excluding tert-OH is 1. The van der Waals surface area contributed by atoms with Gasteiger partial charge < -0.3 is 14.7 Å². The molecule has 0 aliphatic carbocycles. The minimum absolute atomic E-state index is 0.0758. The van der Waals surface area contributed by atoms with E-state index >= 15 is 0 Å². The molecule has 6 heteroatoms. The lowest BCUT2D eigenvalue weighted by Gasteiger charge is -2.41. The van der Waals surface area contributed by atoms with Crippen LogP contribution >= 0.6 is 11.8 Å². The molecule has 1 aromatic heterocycles. The molecule has 3 rings (SSSR count). The molecule has 0 spiro atoms. The van der Waals surface area contributed by atoms with Crippen LogP contribution in [0.3, 0.4) is 0 Å². The first-order chi connectivity index (χ1) is 13.2. The molecule has 1 aliphatic heterocycles. The number of para-hydroxylation sites is 1. The van der Waals surface area contributed by atoms with Crippen LogP contribution in [0.1, 0.15) is 19.3 Å². The Hall–Kier alpha value is -2.05. The molecule has 5 nitrogen and oxygen atoms in total. The summed E-state index contributed by atoms with van der Waals surface area (Å²) >= 11 is 1.53. The van der Waals surface area contributed by atoms with Gasteiger partial charge in [0.15, 0.2) is 0 Å². The van der Waals surface area contributed by atoms with Crippen LogP contribution in [-0.4, -0.2) is 53.0 Å².